The van der Waals surface area contributed by atoms with E-state index in [1.165, 1.54) is 5.56 Å². The first-order valence-electron chi connectivity index (χ1n) is 5.50. The molecule has 0 heterocycles. The van der Waals surface area contributed by atoms with E-state index < -0.39 is 0 Å². The number of benzene rings is 1. The van der Waals surface area contributed by atoms with Crippen molar-refractivity contribution in [2.45, 2.75) is 31.9 Å². The fourth-order valence-corrected chi connectivity index (χ4v) is 1.71. The number of methoxy groups -OCH3 is 1. The van der Waals surface area contributed by atoms with E-state index in [1.54, 1.807) is 19.2 Å². The molecule has 1 aromatic rings. The summed E-state index contributed by atoms with van der Waals surface area (Å²) < 4.78 is 5.47. The van der Waals surface area contributed by atoms with Crippen molar-refractivity contribution < 1.29 is 9.84 Å². The Morgan fingerprint density at radius 2 is 1.88 bits per heavy atom. The van der Waals surface area contributed by atoms with Gasteiger partial charge in [0.25, 0.3) is 0 Å². The van der Waals surface area contributed by atoms with Crippen molar-refractivity contribution >= 4 is 0 Å². The van der Waals surface area contributed by atoms with Gasteiger partial charge < -0.3 is 15.2 Å². The fourth-order valence-electron chi connectivity index (χ4n) is 1.71. The first-order chi connectivity index (χ1) is 7.49. The van der Waals surface area contributed by atoms with Crippen LogP contribution in [0.4, 0.5) is 0 Å². The minimum atomic E-state index is -0.216. The minimum absolute atomic E-state index is 0.216. The van der Waals surface area contributed by atoms with Crippen LogP contribution in [-0.4, -0.2) is 30.9 Å². The van der Waals surface area contributed by atoms with Crippen LogP contribution in [0, 0.1) is 0 Å². The molecule has 0 amide bonds. The van der Waals surface area contributed by atoms with E-state index in [0.717, 1.165) is 6.42 Å². The van der Waals surface area contributed by atoms with Gasteiger partial charge in [0.2, 0.25) is 0 Å². The topological polar surface area (TPSA) is 41.5 Å². The number of hydrogen-bond acceptors (Lipinski definition) is 3. The molecular weight excluding hydrogens is 202 g/mol. The Morgan fingerprint density at radius 3 is 2.31 bits per heavy atom. The molecule has 0 aromatic heterocycles. The number of nitrogens with one attached hydrogen (secondary N) is 1. The van der Waals surface area contributed by atoms with Crippen LogP contribution in [0.15, 0.2) is 24.3 Å². The molecule has 90 valence electrons. The van der Waals surface area contributed by atoms with Crippen molar-refractivity contribution in [3.63, 3.8) is 0 Å². The summed E-state index contributed by atoms with van der Waals surface area (Å²) >= 11 is 0. The van der Waals surface area contributed by atoms with E-state index >= 15 is 0 Å². The lowest BCUT2D eigenvalue weighted by molar-refractivity contribution is -0.00797. The van der Waals surface area contributed by atoms with Crippen LogP contribution in [0.1, 0.15) is 19.4 Å². The number of aromatic hydroxyl groups is 1. The predicted octanol–water partition coefficient (Wildman–Crippen LogP) is 1.95. The summed E-state index contributed by atoms with van der Waals surface area (Å²) in [7, 11) is 3.66. The van der Waals surface area contributed by atoms with E-state index in [4.69, 9.17) is 4.74 Å². The highest BCUT2D eigenvalue weighted by Crippen LogP contribution is 2.19. The number of likely N-dealkylation sites (N-methyl/N-ethyl adjacent to an activating group) is 1. The average molecular weight is 223 g/mol. The largest absolute Gasteiger partial charge is 0.508 e. The van der Waals surface area contributed by atoms with Gasteiger partial charge in [-0.25, -0.2) is 0 Å². The highest BCUT2D eigenvalue weighted by molar-refractivity contribution is 5.26. The molecule has 1 rings (SSSR count). The van der Waals surface area contributed by atoms with Gasteiger partial charge in [-0.3, -0.25) is 0 Å². The molecule has 0 aliphatic carbocycles. The van der Waals surface area contributed by atoms with Crippen molar-refractivity contribution in [3.8, 4) is 5.75 Å². The molecule has 3 nitrogen and oxygen atoms in total. The predicted molar refractivity (Wildman–Crippen MR) is 65.7 cm³/mol. The Labute approximate surface area is 97.4 Å². The molecule has 0 saturated carbocycles. The smallest absolute Gasteiger partial charge is 0.115 e. The lowest BCUT2D eigenvalue weighted by atomic mass is 9.92. The summed E-state index contributed by atoms with van der Waals surface area (Å²) in [5, 5.41) is 12.5. The van der Waals surface area contributed by atoms with Crippen LogP contribution < -0.4 is 5.32 Å². The molecule has 0 aliphatic rings. The third kappa shape index (κ3) is 3.22. The van der Waals surface area contributed by atoms with Gasteiger partial charge in [-0.2, -0.15) is 0 Å². The van der Waals surface area contributed by atoms with Crippen molar-refractivity contribution in [2.75, 3.05) is 14.2 Å². The molecule has 0 bridgehead atoms. The zero-order valence-electron chi connectivity index (χ0n) is 10.4. The van der Waals surface area contributed by atoms with Gasteiger partial charge >= 0.3 is 0 Å². The summed E-state index contributed by atoms with van der Waals surface area (Å²) in [5.41, 5.74) is 0.967. The van der Waals surface area contributed by atoms with Gasteiger partial charge in [0.15, 0.2) is 0 Å². The third-order valence-corrected chi connectivity index (χ3v) is 3.09. The molecule has 0 fully saturated rings. The molecule has 1 atom stereocenters. The van der Waals surface area contributed by atoms with E-state index in [1.807, 2.05) is 19.2 Å². The Balaban J connectivity index is 2.74. The third-order valence-electron chi connectivity index (χ3n) is 3.09. The number of hydrogen-bond donors (Lipinski definition) is 2. The van der Waals surface area contributed by atoms with Crippen LogP contribution in [0.5, 0.6) is 5.75 Å². The molecule has 3 heteroatoms. The van der Waals surface area contributed by atoms with Crippen molar-refractivity contribution in [3.05, 3.63) is 29.8 Å². The van der Waals surface area contributed by atoms with Gasteiger partial charge in [0, 0.05) is 13.2 Å². The van der Waals surface area contributed by atoms with E-state index in [-0.39, 0.29) is 11.6 Å². The summed E-state index contributed by atoms with van der Waals surface area (Å²) in [6, 6.07) is 7.53. The Bertz CT molecular complexity index is 319. The van der Waals surface area contributed by atoms with Gasteiger partial charge in [-0.15, -0.1) is 0 Å². The van der Waals surface area contributed by atoms with Gasteiger partial charge in [0.05, 0.1) is 5.60 Å². The normalized spacial score (nSPS) is 13.8. The lowest BCUT2D eigenvalue weighted by Gasteiger charge is -2.33. The Morgan fingerprint density at radius 1 is 1.31 bits per heavy atom. The minimum Gasteiger partial charge on any atom is -0.508 e. The molecule has 16 heavy (non-hydrogen) atoms. The van der Waals surface area contributed by atoms with Crippen LogP contribution in [0.2, 0.25) is 0 Å². The van der Waals surface area contributed by atoms with Gasteiger partial charge in [0.1, 0.15) is 5.75 Å². The molecule has 1 unspecified atom stereocenters. The maximum Gasteiger partial charge on any atom is 0.115 e. The maximum atomic E-state index is 9.21. The van der Waals surface area contributed by atoms with Gasteiger partial charge in [-0.05, 0) is 45.0 Å². The molecule has 0 spiro atoms. The molecular formula is C13H21NO2. The number of rotatable bonds is 5. The quantitative estimate of drug-likeness (QED) is 0.801. The zero-order valence-corrected chi connectivity index (χ0v) is 10.4. The number of phenolic OH excluding ortho intramolecular Hbond substituents is 1. The summed E-state index contributed by atoms with van der Waals surface area (Å²) in [6.45, 7) is 4.13. The van der Waals surface area contributed by atoms with Crippen LogP contribution in [0.3, 0.4) is 0 Å². The molecule has 0 saturated heterocycles. The van der Waals surface area contributed by atoms with Gasteiger partial charge in [-0.1, -0.05) is 12.1 Å². The second-order valence-corrected chi connectivity index (χ2v) is 4.52. The Kier molecular flexibility index (Phi) is 4.33. The first kappa shape index (κ1) is 13.0. The standard InChI is InChI=1S/C13H21NO2/c1-13(2,16-4)12(14-3)9-10-5-7-11(15)8-6-10/h5-8,12,14-15H,9H2,1-4H3. The van der Waals surface area contributed by atoms with E-state index in [9.17, 15) is 5.11 Å². The fraction of sp³-hybridized carbons (Fsp3) is 0.538. The van der Waals surface area contributed by atoms with Crippen LogP contribution >= 0.6 is 0 Å². The SMILES string of the molecule is CNC(Cc1ccc(O)cc1)C(C)(C)OC. The highest BCUT2D eigenvalue weighted by Gasteiger charge is 2.27. The maximum absolute atomic E-state index is 9.21. The average Bonchev–Trinajstić information content (AvgIpc) is 2.28. The highest BCUT2D eigenvalue weighted by atomic mass is 16.5. The molecule has 2 N–H and O–H groups in total. The van der Waals surface area contributed by atoms with Crippen molar-refractivity contribution in [1.29, 1.82) is 0 Å². The summed E-state index contributed by atoms with van der Waals surface area (Å²) in [4.78, 5) is 0. The number of ether oxygens (including phenoxy) is 1. The van der Waals surface area contributed by atoms with Crippen molar-refractivity contribution in [2.24, 2.45) is 0 Å². The van der Waals surface area contributed by atoms with E-state index in [0.29, 0.717) is 5.75 Å². The molecule has 0 aliphatic heterocycles. The summed E-state index contributed by atoms with van der Waals surface area (Å²) in [6.07, 6.45) is 0.873. The van der Waals surface area contributed by atoms with Crippen LogP contribution in [-0.2, 0) is 11.2 Å². The molecule has 1 aromatic carbocycles. The first-order valence-corrected chi connectivity index (χ1v) is 5.50. The molecule has 0 radical (unpaired) electrons. The van der Waals surface area contributed by atoms with Crippen molar-refractivity contribution in [1.82, 2.24) is 5.32 Å². The van der Waals surface area contributed by atoms with Crippen LogP contribution in [0.25, 0.3) is 0 Å². The number of phenols is 1. The monoisotopic (exact) mass is 223 g/mol. The lowest BCUT2D eigenvalue weighted by Crippen LogP contribution is -2.47. The Hall–Kier alpha value is -1.06. The van der Waals surface area contributed by atoms with E-state index in [2.05, 4.69) is 19.2 Å². The zero-order chi connectivity index (χ0) is 12.2. The summed E-state index contributed by atoms with van der Waals surface area (Å²) in [5.74, 6) is 0.302. The second kappa shape index (κ2) is 5.32. The second-order valence-electron chi connectivity index (χ2n) is 4.52.